The van der Waals surface area contributed by atoms with Crippen molar-refractivity contribution >= 4 is 23.3 Å². The molecule has 7 nitrogen and oxygen atoms in total. The van der Waals surface area contributed by atoms with Crippen molar-refractivity contribution < 1.29 is 9.84 Å². The van der Waals surface area contributed by atoms with Crippen LogP contribution in [0.4, 0.5) is 0 Å². The Labute approximate surface area is 193 Å². The Hall–Kier alpha value is -3.16. The van der Waals surface area contributed by atoms with E-state index in [9.17, 15) is 5.11 Å². The highest BCUT2D eigenvalue weighted by Crippen LogP contribution is 2.36. The number of benzene rings is 2. The molecule has 0 radical (unpaired) electrons. The predicted octanol–water partition coefficient (Wildman–Crippen LogP) is 4.25. The standard InChI is InChI=1S/C24H25N5O2.ClH/c1-4-29-13-18(14-29)20-7-8-21(26-25-20)19-6-5-15(10-22(19)30)16-9-17-12-28(2)27-24(17)23(11-16)31-3;/h5-12,18,30H,4,13-14H2,1-3H3;1H. The van der Waals surface area contributed by atoms with Gasteiger partial charge in [0.2, 0.25) is 0 Å². The first-order chi connectivity index (χ1) is 15.1. The molecule has 8 heteroatoms. The second-order valence-corrected chi connectivity index (χ2v) is 8.04. The predicted molar refractivity (Wildman–Crippen MR) is 127 cm³/mol. The molecule has 1 saturated heterocycles. The van der Waals surface area contributed by atoms with Gasteiger partial charge in [-0.1, -0.05) is 13.0 Å². The third-order valence-electron chi connectivity index (χ3n) is 6.02. The lowest BCUT2D eigenvalue weighted by molar-refractivity contribution is 0.154. The Kier molecular flexibility index (Phi) is 6.04. The van der Waals surface area contributed by atoms with Crippen molar-refractivity contribution in [3.63, 3.8) is 0 Å². The zero-order chi connectivity index (χ0) is 21.5. The molecule has 0 atom stereocenters. The first kappa shape index (κ1) is 22.0. The van der Waals surface area contributed by atoms with Crippen LogP contribution >= 0.6 is 12.4 Å². The number of nitrogens with zero attached hydrogens (tertiary/aromatic N) is 5. The van der Waals surface area contributed by atoms with Crippen LogP contribution < -0.4 is 4.74 Å². The van der Waals surface area contributed by atoms with E-state index < -0.39 is 0 Å². The highest BCUT2D eigenvalue weighted by Gasteiger charge is 2.28. The fourth-order valence-corrected chi connectivity index (χ4v) is 4.19. The van der Waals surface area contributed by atoms with Crippen LogP contribution in [0.5, 0.6) is 11.5 Å². The van der Waals surface area contributed by atoms with Crippen molar-refractivity contribution in [2.24, 2.45) is 7.05 Å². The molecule has 5 rings (SSSR count). The number of fused-ring (bicyclic) bond motifs is 1. The Morgan fingerprint density at radius 1 is 1.06 bits per heavy atom. The van der Waals surface area contributed by atoms with Crippen LogP contribution in [-0.4, -0.2) is 56.7 Å². The molecular formula is C24H26ClN5O2. The number of hydrogen-bond donors (Lipinski definition) is 1. The molecule has 1 aliphatic rings. The van der Waals surface area contributed by atoms with Gasteiger partial charge >= 0.3 is 0 Å². The summed E-state index contributed by atoms with van der Waals surface area (Å²) in [6, 6.07) is 13.6. The molecule has 1 aliphatic heterocycles. The summed E-state index contributed by atoms with van der Waals surface area (Å²) in [5, 5.41) is 25.0. The molecule has 166 valence electrons. The lowest BCUT2D eigenvalue weighted by Crippen LogP contribution is -2.44. The SMILES string of the molecule is CCN1CC(c2ccc(-c3ccc(-c4cc(OC)c5nn(C)cc5c4)cc3O)nn2)C1.Cl. The number of likely N-dealkylation sites (N-methyl/N-ethyl adjacent to an activating group) is 1. The minimum absolute atomic E-state index is 0. The number of likely N-dealkylation sites (tertiary alicyclic amines) is 1. The van der Waals surface area contributed by atoms with Crippen LogP contribution in [0.15, 0.2) is 48.7 Å². The minimum Gasteiger partial charge on any atom is -0.507 e. The van der Waals surface area contributed by atoms with Crippen molar-refractivity contribution in [2.75, 3.05) is 26.7 Å². The van der Waals surface area contributed by atoms with Crippen LogP contribution in [0, 0.1) is 0 Å². The average Bonchev–Trinajstić information content (AvgIpc) is 3.13. The second-order valence-electron chi connectivity index (χ2n) is 8.04. The van der Waals surface area contributed by atoms with Crippen molar-refractivity contribution in [3.8, 4) is 33.9 Å². The lowest BCUT2D eigenvalue weighted by Gasteiger charge is -2.37. The molecule has 4 aromatic rings. The van der Waals surface area contributed by atoms with Gasteiger partial charge in [-0.05, 0) is 54.1 Å². The summed E-state index contributed by atoms with van der Waals surface area (Å²) in [5.41, 5.74) is 5.01. The third kappa shape index (κ3) is 3.89. The highest BCUT2D eigenvalue weighted by molar-refractivity contribution is 5.90. The van der Waals surface area contributed by atoms with Gasteiger partial charge < -0.3 is 14.7 Å². The van der Waals surface area contributed by atoms with Gasteiger partial charge in [-0.25, -0.2) is 0 Å². The number of aromatic hydroxyl groups is 1. The van der Waals surface area contributed by atoms with Gasteiger partial charge in [0.25, 0.3) is 0 Å². The van der Waals surface area contributed by atoms with E-state index in [-0.39, 0.29) is 18.2 Å². The maximum atomic E-state index is 10.7. The van der Waals surface area contributed by atoms with Crippen LogP contribution in [0.2, 0.25) is 0 Å². The topological polar surface area (TPSA) is 76.3 Å². The van der Waals surface area contributed by atoms with Crippen LogP contribution in [0.25, 0.3) is 33.3 Å². The number of phenolic OH excluding ortho intramolecular Hbond substituents is 1. The zero-order valence-electron chi connectivity index (χ0n) is 18.3. The molecule has 0 amide bonds. The maximum Gasteiger partial charge on any atom is 0.147 e. The van der Waals surface area contributed by atoms with Crippen molar-refractivity contribution in [1.82, 2.24) is 24.9 Å². The molecule has 0 spiro atoms. The van der Waals surface area contributed by atoms with Gasteiger partial charge in [0.05, 0.1) is 18.5 Å². The first-order valence-electron chi connectivity index (χ1n) is 10.5. The van der Waals surface area contributed by atoms with Gasteiger partial charge in [-0.15, -0.1) is 12.4 Å². The molecule has 1 N–H and O–H groups in total. The molecule has 0 aliphatic carbocycles. The van der Waals surface area contributed by atoms with E-state index in [4.69, 9.17) is 4.74 Å². The Bertz CT molecular complexity index is 1250. The number of halogens is 1. The van der Waals surface area contributed by atoms with Crippen molar-refractivity contribution in [3.05, 3.63) is 54.4 Å². The van der Waals surface area contributed by atoms with Crippen LogP contribution in [0.3, 0.4) is 0 Å². The fraction of sp³-hybridized carbons (Fsp3) is 0.292. The van der Waals surface area contributed by atoms with Crippen molar-refractivity contribution in [1.29, 1.82) is 0 Å². The number of phenols is 1. The summed E-state index contributed by atoms with van der Waals surface area (Å²) < 4.78 is 7.29. The first-order valence-corrected chi connectivity index (χ1v) is 10.5. The number of ether oxygens (including phenoxy) is 1. The molecule has 32 heavy (non-hydrogen) atoms. The van der Waals surface area contributed by atoms with E-state index in [2.05, 4.69) is 27.1 Å². The monoisotopic (exact) mass is 451 g/mol. The third-order valence-corrected chi connectivity index (χ3v) is 6.02. The maximum absolute atomic E-state index is 10.7. The quantitative estimate of drug-likeness (QED) is 0.488. The van der Waals surface area contributed by atoms with Gasteiger partial charge in [-0.2, -0.15) is 15.3 Å². The summed E-state index contributed by atoms with van der Waals surface area (Å²) in [7, 11) is 3.52. The second kappa shape index (κ2) is 8.76. The molecule has 1 fully saturated rings. The summed E-state index contributed by atoms with van der Waals surface area (Å²) in [6.45, 7) is 5.31. The molecule has 2 aromatic heterocycles. The molecule has 0 bridgehead atoms. The largest absolute Gasteiger partial charge is 0.507 e. The number of hydrogen-bond acceptors (Lipinski definition) is 6. The van der Waals surface area contributed by atoms with Crippen molar-refractivity contribution in [2.45, 2.75) is 12.8 Å². The smallest absolute Gasteiger partial charge is 0.147 e. The van der Waals surface area contributed by atoms with Crippen LogP contribution in [-0.2, 0) is 7.05 Å². The fourth-order valence-electron chi connectivity index (χ4n) is 4.19. The molecule has 2 aromatic carbocycles. The molecular weight excluding hydrogens is 426 g/mol. The highest BCUT2D eigenvalue weighted by atomic mass is 35.5. The number of methoxy groups -OCH3 is 1. The molecule has 0 unspecified atom stereocenters. The minimum atomic E-state index is 0. The summed E-state index contributed by atoms with van der Waals surface area (Å²) in [4.78, 5) is 2.38. The lowest BCUT2D eigenvalue weighted by atomic mass is 9.95. The summed E-state index contributed by atoms with van der Waals surface area (Å²) in [6.07, 6.45) is 1.95. The molecule has 3 heterocycles. The average molecular weight is 452 g/mol. The number of rotatable bonds is 5. The van der Waals surface area contributed by atoms with E-state index in [1.54, 1.807) is 17.9 Å². The Morgan fingerprint density at radius 3 is 2.53 bits per heavy atom. The summed E-state index contributed by atoms with van der Waals surface area (Å²) >= 11 is 0. The van der Waals surface area contributed by atoms with Gasteiger partial charge in [0.15, 0.2) is 0 Å². The molecule has 0 saturated carbocycles. The van der Waals surface area contributed by atoms with E-state index in [1.165, 1.54) is 0 Å². The van der Waals surface area contributed by atoms with Gasteiger partial charge in [-0.3, -0.25) is 4.68 Å². The van der Waals surface area contributed by atoms with E-state index in [1.807, 2.05) is 49.6 Å². The van der Waals surface area contributed by atoms with Gasteiger partial charge in [0.1, 0.15) is 17.0 Å². The normalized spacial score (nSPS) is 14.2. The zero-order valence-corrected chi connectivity index (χ0v) is 19.1. The van der Waals surface area contributed by atoms with E-state index in [0.717, 1.165) is 47.4 Å². The Morgan fingerprint density at radius 2 is 1.88 bits per heavy atom. The van der Waals surface area contributed by atoms with Gasteiger partial charge in [0, 0.05) is 43.2 Å². The Balaban J connectivity index is 0.00000245. The summed E-state index contributed by atoms with van der Waals surface area (Å²) in [5.74, 6) is 1.33. The van der Waals surface area contributed by atoms with Crippen LogP contribution in [0.1, 0.15) is 18.5 Å². The number of aromatic nitrogens is 4. The number of aryl methyl sites for hydroxylation is 1. The van der Waals surface area contributed by atoms with E-state index in [0.29, 0.717) is 22.9 Å². The van der Waals surface area contributed by atoms with E-state index >= 15 is 0 Å².